The molecular formula is C21H43NO2S. The van der Waals surface area contributed by atoms with Gasteiger partial charge in [-0.05, 0) is 46.0 Å². The van der Waals surface area contributed by atoms with E-state index in [-0.39, 0.29) is 5.25 Å². The van der Waals surface area contributed by atoms with E-state index in [1.165, 1.54) is 77.0 Å². The van der Waals surface area contributed by atoms with Crippen LogP contribution in [0.15, 0.2) is 12.2 Å². The fourth-order valence-electron chi connectivity index (χ4n) is 2.75. The fourth-order valence-corrected chi connectivity index (χ4v) is 3.52. The maximum atomic E-state index is 11.6. The molecule has 0 atom stereocenters. The van der Waals surface area contributed by atoms with Crippen molar-refractivity contribution in [1.82, 2.24) is 4.72 Å². The number of hydrogen-bond acceptors (Lipinski definition) is 2. The van der Waals surface area contributed by atoms with Gasteiger partial charge in [-0.1, -0.05) is 76.9 Å². The lowest BCUT2D eigenvalue weighted by Gasteiger charge is -2.09. The second-order valence-corrected chi connectivity index (χ2v) is 9.75. The van der Waals surface area contributed by atoms with E-state index in [0.29, 0.717) is 6.54 Å². The summed E-state index contributed by atoms with van der Waals surface area (Å²) in [6.45, 7) is 6.27. The predicted molar refractivity (Wildman–Crippen MR) is 112 cm³/mol. The molecule has 0 rings (SSSR count). The van der Waals surface area contributed by atoms with Crippen molar-refractivity contribution in [1.29, 1.82) is 0 Å². The summed E-state index contributed by atoms with van der Waals surface area (Å²) < 4.78 is 25.8. The summed E-state index contributed by atoms with van der Waals surface area (Å²) in [5.74, 6) is 0. The van der Waals surface area contributed by atoms with E-state index in [1.54, 1.807) is 13.8 Å². The van der Waals surface area contributed by atoms with Crippen LogP contribution in [-0.4, -0.2) is 20.2 Å². The summed E-state index contributed by atoms with van der Waals surface area (Å²) in [4.78, 5) is 0. The molecule has 4 heteroatoms. The minimum absolute atomic E-state index is 0.332. The second-order valence-electron chi connectivity index (χ2n) is 7.43. The van der Waals surface area contributed by atoms with E-state index in [0.717, 1.165) is 12.8 Å². The van der Waals surface area contributed by atoms with Crippen LogP contribution in [0.1, 0.15) is 111 Å². The molecule has 0 radical (unpaired) electrons. The maximum Gasteiger partial charge on any atom is 0.213 e. The largest absolute Gasteiger partial charge is 0.215 e. The normalized spacial score (nSPS) is 12.5. The van der Waals surface area contributed by atoms with Gasteiger partial charge in [0.2, 0.25) is 10.0 Å². The van der Waals surface area contributed by atoms with Gasteiger partial charge in [0.1, 0.15) is 0 Å². The fraction of sp³-hybridized carbons (Fsp3) is 0.905. The Morgan fingerprint density at radius 2 is 1.16 bits per heavy atom. The van der Waals surface area contributed by atoms with E-state index < -0.39 is 10.0 Å². The van der Waals surface area contributed by atoms with E-state index in [2.05, 4.69) is 23.8 Å². The minimum Gasteiger partial charge on any atom is -0.215 e. The molecule has 0 saturated carbocycles. The SMILES string of the molecule is CCCCCCCCC=CCCCCCCCCNS(=O)(=O)C(C)C. The first kappa shape index (κ1) is 24.7. The molecule has 0 aliphatic carbocycles. The lowest BCUT2D eigenvalue weighted by molar-refractivity contribution is 0.559. The maximum absolute atomic E-state index is 11.6. The van der Waals surface area contributed by atoms with Crippen LogP contribution in [0, 0.1) is 0 Å². The summed E-state index contributed by atoms with van der Waals surface area (Å²) in [5.41, 5.74) is 0. The molecule has 0 bridgehead atoms. The summed E-state index contributed by atoms with van der Waals surface area (Å²) in [5, 5.41) is -0.332. The van der Waals surface area contributed by atoms with Gasteiger partial charge in [-0.3, -0.25) is 0 Å². The Hall–Kier alpha value is -0.350. The van der Waals surface area contributed by atoms with Gasteiger partial charge < -0.3 is 0 Å². The molecular weight excluding hydrogens is 330 g/mol. The molecule has 0 saturated heterocycles. The molecule has 0 aromatic heterocycles. The van der Waals surface area contributed by atoms with E-state index in [9.17, 15) is 8.42 Å². The Bertz CT molecular complexity index is 402. The molecule has 0 aromatic rings. The Kier molecular flexibility index (Phi) is 16.8. The lowest BCUT2D eigenvalue weighted by Crippen LogP contribution is -2.31. The summed E-state index contributed by atoms with van der Waals surface area (Å²) in [6.07, 6.45) is 22.6. The third-order valence-corrected chi connectivity index (χ3v) is 6.46. The van der Waals surface area contributed by atoms with Gasteiger partial charge in [0, 0.05) is 6.54 Å². The Labute approximate surface area is 158 Å². The quantitative estimate of drug-likeness (QED) is 0.225. The zero-order valence-electron chi connectivity index (χ0n) is 17.1. The van der Waals surface area contributed by atoms with Crippen molar-refractivity contribution in [2.75, 3.05) is 6.54 Å². The van der Waals surface area contributed by atoms with Gasteiger partial charge in [-0.25, -0.2) is 13.1 Å². The summed E-state index contributed by atoms with van der Waals surface area (Å²) in [6, 6.07) is 0. The lowest BCUT2D eigenvalue weighted by atomic mass is 10.1. The molecule has 0 spiro atoms. The molecule has 0 aromatic carbocycles. The van der Waals surface area contributed by atoms with Crippen molar-refractivity contribution in [3.05, 3.63) is 12.2 Å². The van der Waals surface area contributed by atoms with E-state index in [4.69, 9.17) is 0 Å². The number of unbranched alkanes of at least 4 members (excludes halogenated alkanes) is 12. The van der Waals surface area contributed by atoms with Crippen LogP contribution >= 0.6 is 0 Å². The first-order valence-corrected chi connectivity index (χ1v) is 12.2. The van der Waals surface area contributed by atoms with Crippen molar-refractivity contribution in [3.63, 3.8) is 0 Å². The van der Waals surface area contributed by atoms with Crippen LogP contribution < -0.4 is 4.72 Å². The van der Waals surface area contributed by atoms with Gasteiger partial charge in [-0.15, -0.1) is 0 Å². The van der Waals surface area contributed by atoms with Crippen LogP contribution in [0.5, 0.6) is 0 Å². The number of nitrogens with one attached hydrogen (secondary N) is 1. The second kappa shape index (κ2) is 17.1. The van der Waals surface area contributed by atoms with E-state index >= 15 is 0 Å². The molecule has 0 aliphatic heterocycles. The third-order valence-electron chi connectivity index (χ3n) is 4.61. The Morgan fingerprint density at radius 3 is 1.64 bits per heavy atom. The highest BCUT2D eigenvalue weighted by molar-refractivity contribution is 7.90. The predicted octanol–water partition coefficient (Wildman–Crippen LogP) is 6.35. The zero-order chi connectivity index (χ0) is 18.8. The van der Waals surface area contributed by atoms with Crippen molar-refractivity contribution >= 4 is 10.0 Å². The Balaban J connectivity index is 3.25. The number of allylic oxidation sites excluding steroid dienone is 2. The highest BCUT2D eigenvalue weighted by Crippen LogP contribution is 2.10. The van der Waals surface area contributed by atoms with Crippen molar-refractivity contribution in [3.8, 4) is 0 Å². The molecule has 0 fully saturated rings. The van der Waals surface area contributed by atoms with Crippen LogP contribution in [-0.2, 0) is 10.0 Å². The van der Waals surface area contributed by atoms with E-state index in [1.807, 2.05) is 0 Å². The molecule has 0 heterocycles. The number of hydrogen-bond donors (Lipinski definition) is 1. The van der Waals surface area contributed by atoms with Gasteiger partial charge in [0.25, 0.3) is 0 Å². The van der Waals surface area contributed by atoms with Crippen LogP contribution in [0.4, 0.5) is 0 Å². The van der Waals surface area contributed by atoms with Gasteiger partial charge in [0.15, 0.2) is 0 Å². The zero-order valence-corrected chi connectivity index (χ0v) is 17.9. The van der Waals surface area contributed by atoms with Crippen molar-refractivity contribution in [2.24, 2.45) is 0 Å². The van der Waals surface area contributed by atoms with Gasteiger partial charge in [-0.2, -0.15) is 0 Å². The van der Waals surface area contributed by atoms with Gasteiger partial charge >= 0.3 is 0 Å². The molecule has 3 nitrogen and oxygen atoms in total. The van der Waals surface area contributed by atoms with Gasteiger partial charge in [0.05, 0.1) is 5.25 Å². The average Bonchev–Trinajstić information content (AvgIpc) is 2.57. The third kappa shape index (κ3) is 16.8. The monoisotopic (exact) mass is 373 g/mol. The van der Waals surface area contributed by atoms with Crippen LogP contribution in [0.25, 0.3) is 0 Å². The van der Waals surface area contributed by atoms with Crippen molar-refractivity contribution in [2.45, 2.75) is 116 Å². The smallest absolute Gasteiger partial charge is 0.213 e. The Morgan fingerprint density at radius 1 is 0.720 bits per heavy atom. The minimum atomic E-state index is -3.08. The molecule has 0 aliphatic rings. The highest BCUT2D eigenvalue weighted by Gasteiger charge is 2.13. The molecule has 1 N–H and O–H groups in total. The summed E-state index contributed by atoms with van der Waals surface area (Å²) in [7, 11) is -3.08. The van der Waals surface area contributed by atoms with Crippen LogP contribution in [0.3, 0.4) is 0 Å². The average molecular weight is 374 g/mol. The van der Waals surface area contributed by atoms with Crippen molar-refractivity contribution < 1.29 is 8.42 Å². The highest BCUT2D eigenvalue weighted by atomic mass is 32.2. The molecule has 0 unspecified atom stereocenters. The topological polar surface area (TPSA) is 46.2 Å². The molecule has 150 valence electrons. The standard InChI is InChI=1S/C21H43NO2S/c1-4-5-6-7-8-9-10-11-12-13-14-15-16-17-18-19-20-22-25(23,24)21(2)3/h11-12,21-22H,4-10,13-20H2,1-3H3. The first-order valence-electron chi connectivity index (χ1n) is 10.6. The van der Waals surface area contributed by atoms with Crippen LogP contribution in [0.2, 0.25) is 0 Å². The molecule has 25 heavy (non-hydrogen) atoms. The number of rotatable bonds is 18. The number of sulfonamides is 1. The molecule has 0 amide bonds. The first-order chi connectivity index (χ1) is 12.0. The summed E-state index contributed by atoms with van der Waals surface area (Å²) >= 11 is 0.